The molecule has 14 heavy (non-hydrogen) atoms. The van der Waals surface area contributed by atoms with E-state index in [1.54, 1.807) is 0 Å². The van der Waals surface area contributed by atoms with E-state index in [0.29, 0.717) is 10.8 Å². The quantitative estimate of drug-likeness (QED) is 0.559. The van der Waals surface area contributed by atoms with Crippen LogP contribution in [0.3, 0.4) is 0 Å². The van der Waals surface area contributed by atoms with Gasteiger partial charge in [-0.15, -0.1) is 0 Å². The largest absolute Gasteiger partial charge is 0.0654 e. The number of hydrogen-bond acceptors (Lipinski definition) is 0. The molecule has 0 nitrogen and oxygen atoms in total. The Morgan fingerprint density at radius 3 is 2.07 bits per heavy atom. The molecule has 0 N–H and O–H groups in total. The summed E-state index contributed by atoms with van der Waals surface area (Å²) in [5.74, 6) is 0.988. The standard InChI is InChI=1S/C14H28/c1-6-8-9-12(7-2)10-14(5)11-13(14,3)4/h12H,6-11H2,1-5H3. The first kappa shape index (κ1) is 12.1. The predicted octanol–water partition coefficient (Wildman–Crippen LogP) is 5.03. The highest BCUT2D eigenvalue weighted by Crippen LogP contribution is 2.66. The van der Waals surface area contributed by atoms with Crippen molar-refractivity contribution in [3.05, 3.63) is 0 Å². The van der Waals surface area contributed by atoms with Gasteiger partial charge >= 0.3 is 0 Å². The fraction of sp³-hybridized carbons (Fsp3) is 1.00. The molecule has 1 rings (SSSR count). The smallest absolute Gasteiger partial charge is 0.0266 e. The molecule has 84 valence electrons. The van der Waals surface area contributed by atoms with Crippen molar-refractivity contribution in [2.45, 2.75) is 73.1 Å². The number of rotatable bonds is 6. The molecule has 2 unspecified atom stereocenters. The molecule has 0 aliphatic heterocycles. The van der Waals surface area contributed by atoms with Gasteiger partial charge in [-0.25, -0.2) is 0 Å². The van der Waals surface area contributed by atoms with Crippen LogP contribution in [0.4, 0.5) is 0 Å². The summed E-state index contributed by atoms with van der Waals surface area (Å²) in [4.78, 5) is 0. The topological polar surface area (TPSA) is 0 Å². The maximum atomic E-state index is 2.49. The molecule has 0 spiro atoms. The molecule has 0 amide bonds. The lowest BCUT2D eigenvalue weighted by Crippen LogP contribution is -2.11. The molecule has 1 aliphatic carbocycles. The summed E-state index contributed by atoms with van der Waals surface area (Å²) in [6.45, 7) is 12.0. The minimum absolute atomic E-state index is 0.632. The molecule has 1 saturated carbocycles. The normalized spacial score (nSPS) is 31.5. The maximum absolute atomic E-state index is 2.49. The summed E-state index contributed by atoms with van der Waals surface area (Å²) in [5.41, 5.74) is 1.30. The SMILES string of the molecule is CCCCC(CC)CC1(C)CC1(C)C. The molecule has 0 saturated heterocycles. The minimum Gasteiger partial charge on any atom is -0.0654 e. The lowest BCUT2D eigenvalue weighted by molar-refractivity contribution is 0.291. The highest BCUT2D eigenvalue weighted by molar-refractivity contribution is 5.06. The van der Waals surface area contributed by atoms with Crippen LogP contribution in [0.2, 0.25) is 0 Å². The van der Waals surface area contributed by atoms with E-state index in [2.05, 4.69) is 34.6 Å². The third kappa shape index (κ3) is 2.52. The predicted molar refractivity (Wildman–Crippen MR) is 64.4 cm³/mol. The lowest BCUT2D eigenvalue weighted by Gasteiger charge is -2.22. The van der Waals surface area contributed by atoms with Gasteiger partial charge in [0.05, 0.1) is 0 Å². The zero-order chi connectivity index (χ0) is 10.8. The van der Waals surface area contributed by atoms with E-state index < -0.39 is 0 Å². The van der Waals surface area contributed by atoms with Crippen molar-refractivity contribution in [1.82, 2.24) is 0 Å². The second-order valence-corrected chi connectivity index (χ2v) is 6.24. The van der Waals surface area contributed by atoms with E-state index in [1.165, 1.54) is 38.5 Å². The van der Waals surface area contributed by atoms with Gasteiger partial charge in [-0.1, -0.05) is 60.3 Å². The molecular formula is C14H28. The molecule has 0 radical (unpaired) electrons. The molecule has 0 aromatic heterocycles. The van der Waals surface area contributed by atoms with E-state index >= 15 is 0 Å². The molecule has 1 fully saturated rings. The van der Waals surface area contributed by atoms with Crippen molar-refractivity contribution in [3.63, 3.8) is 0 Å². The van der Waals surface area contributed by atoms with E-state index in [0.717, 1.165) is 5.92 Å². The summed E-state index contributed by atoms with van der Waals surface area (Å²) in [6, 6.07) is 0. The Kier molecular flexibility index (Phi) is 3.66. The summed E-state index contributed by atoms with van der Waals surface area (Å²) >= 11 is 0. The summed E-state index contributed by atoms with van der Waals surface area (Å²) < 4.78 is 0. The van der Waals surface area contributed by atoms with Gasteiger partial charge < -0.3 is 0 Å². The van der Waals surface area contributed by atoms with Gasteiger partial charge in [0.15, 0.2) is 0 Å². The second-order valence-electron chi connectivity index (χ2n) is 6.24. The van der Waals surface area contributed by atoms with Crippen molar-refractivity contribution in [2.24, 2.45) is 16.7 Å². The maximum Gasteiger partial charge on any atom is -0.0266 e. The molecule has 0 aromatic carbocycles. The van der Waals surface area contributed by atoms with Crippen LogP contribution in [0.5, 0.6) is 0 Å². The first-order chi connectivity index (χ1) is 6.45. The Bertz CT molecular complexity index is 180. The van der Waals surface area contributed by atoms with Gasteiger partial charge in [0.2, 0.25) is 0 Å². The molecule has 0 heteroatoms. The molecule has 0 aromatic rings. The second kappa shape index (κ2) is 4.24. The molecular weight excluding hydrogens is 168 g/mol. The van der Waals surface area contributed by atoms with Gasteiger partial charge in [0, 0.05) is 0 Å². The molecule has 0 heterocycles. The first-order valence-electron chi connectivity index (χ1n) is 6.45. The third-order valence-corrected chi connectivity index (χ3v) is 4.62. The van der Waals surface area contributed by atoms with Crippen LogP contribution in [0.1, 0.15) is 73.1 Å². The third-order valence-electron chi connectivity index (χ3n) is 4.62. The summed E-state index contributed by atoms with van der Waals surface area (Å²) in [7, 11) is 0. The van der Waals surface area contributed by atoms with Gasteiger partial charge in [-0.2, -0.15) is 0 Å². The Hall–Kier alpha value is 0. The Morgan fingerprint density at radius 1 is 1.14 bits per heavy atom. The number of unbranched alkanes of at least 4 members (excludes halogenated alkanes) is 1. The Balaban J connectivity index is 2.34. The van der Waals surface area contributed by atoms with E-state index in [9.17, 15) is 0 Å². The van der Waals surface area contributed by atoms with Crippen LogP contribution in [-0.2, 0) is 0 Å². The van der Waals surface area contributed by atoms with Crippen LogP contribution < -0.4 is 0 Å². The molecule has 2 atom stereocenters. The fourth-order valence-corrected chi connectivity index (χ4v) is 2.86. The first-order valence-corrected chi connectivity index (χ1v) is 6.45. The monoisotopic (exact) mass is 196 g/mol. The van der Waals surface area contributed by atoms with Gasteiger partial charge in [-0.3, -0.25) is 0 Å². The van der Waals surface area contributed by atoms with Crippen molar-refractivity contribution in [2.75, 3.05) is 0 Å². The van der Waals surface area contributed by atoms with Gasteiger partial charge in [0.25, 0.3) is 0 Å². The van der Waals surface area contributed by atoms with E-state index in [-0.39, 0.29) is 0 Å². The van der Waals surface area contributed by atoms with Crippen LogP contribution >= 0.6 is 0 Å². The number of hydrogen-bond donors (Lipinski definition) is 0. The minimum atomic E-state index is 0.632. The van der Waals surface area contributed by atoms with Crippen molar-refractivity contribution in [1.29, 1.82) is 0 Å². The highest BCUT2D eigenvalue weighted by Gasteiger charge is 2.57. The summed E-state index contributed by atoms with van der Waals surface area (Å²) in [6.07, 6.45) is 8.54. The zero-order valence-electron chi connectivity index (χ0n) is 10.8. The van der Waals surface area contributed by atoms with Gasteiger partial charge in [0.1, 0.15) is 0 Å². The highest BCUT2D eigenvalue weighted by atomic mass is 14.6. The van der Waals surface area contributed by atoms with E-state index in [1.807, 2.05) is 0 Å². The summed E-state index contributed by atoms with van der Waals surface area (Å²) in [5, 5.41) is 0. The van der Waals surface area contributed by atoms with Crippen molar-refractivity contribution < 1.29 is 0 Å². The molecule has 0 bridgehead atoms. The van der Waals surface area contributed by atoms with E-state index in [4.69, 9.17) is 0 Å². The van der Waals surface area contributed by atoms with Crippen LogP contribution in [0.25, 0.3) is 0 Å². The molecule has 1 aliphatic rings. The van der Waals surface area contributed by atoms with Crippen LogP contribution in [-0.4, -0.2) is 0 Å². The van der Waals surface area contributed by atoms with Crippen molar-refractivity contribution in [3.8, 4) is 0 Å². The Morgan fingerprint density at radius 2 is 1.71 bits per heavy atom. The van der Waals surface area contributed by atoms with Gasteiger partial charge in [-0.05, 0) is 29.6 Å². The average molecular weight is 196 g/mol. The van der Waals surface area contributed by atoms with Crippen molar-refractivity contribution >= 4 is 0 Å². The fourth-order valence-electron chi connectivity index (χ4n) is 2.86. The zero-order valence-corrected chi connectivity index (χ0v) is 10.8. The van der Waals surface area contributed by atoms with Crippen LogP contribution in [0.15, 0.2) is 0 Å². The Labute approximate surface area is 90.5 Å². The average Bonchev–Trinajstić information content (AvgIpc) is 2.59. The lowest BCUT2D eigenvalue weighted by atomic mass is 9.84. The van der Waals surface area contributed by atoms with Crippen LogP contribution in [0, 0.1) is 16.7 Å².